The summed E-state index contributed by atoms with van der Waals surface area (Å²) in [6, 6.07) is 13.1. The third-order valence-electron chi connectivity index (χ3n) is 3.75. The molecule has 2 aromatic carbocycles. The van der Waals surface area contributed by atoms with Crippen LogP contribution in [0.1, 0.15) is 27.6 Å². The summed E-state index contributed by atoms with van der Waals surface area (Å²) in [6.07, 6.45) is 0. The number of rotatable bonds is 8. The molecule has 0 bridgehead atoms. The monoisotopic (exact) mass is 476 g/mol. The molecule has 0 unspecified atom stereocenters. The van der Waals surface area contributed by atoms with Crippen molar-refractivity contribution in [2.75, 3.05) is 23.0 Å². The fraction of sp³-hybridized carbons (Fsp3) is 0.150. The van der Waals surface area contributed by atoms with E-state index < -0.39 is 5.97 Å². The van der Waals surface area contributed by atoms with Gasteiger partial charge in [0.15, 0.2) is 4.34 Å². The lowest BCUT2D eigenvalue weighted by Crippen LogP contribution is -2.14. The summed E-state index contributed by atoms with van der Waals surface area (Å²) in [4.78, 5) is 36.1. The first-order chi connectivity index (χ1) is 15.0. The van der Waals surface area contributed by atoms with Crippen molar-refractivity contribution in [1.82, 2.24) is 10.2 Å². The van der Waals surface area contributed by atoms with Crippen LogP contribution >= 0.6 is 34.7 Å². The highest BCUT2D eigenvalue weighted by Gasteiger charge is 2.14. The van der Waals surface area contributed by atoms with E-state index in [1.165, 1.54) is 11.8 Å². The van der Waals surface area contributed by atoms with Crippen molar-refractivity contribution < 1.29 is 19.1 Å². The van der Waals surface area contributed by atoms with Gasteiger partial charge in [0.05, 0.1) is 28.5 Å². The van der Waals surface area contributed by atoms with Crippen molar-refractivity contribution >= 4 is 63.3 Å². The van der Waals surface area contributed by atoms with E-state index in [1.807, 2.05) is 0 Å². The Balaban J connectivity index is 1.49. The lowest BCUT2D eigenvalue weighted by Gasteiger charge is -2.06. The van der Waals surface area contributed by atoms with E-state index in [9.17, 15) is 14.4 Å². The third kappa shape index (κ3) is 6.51. The molecule has 0 saturated heterocycles. The molecule has 11 heteroatoms. The number of anilines is 2. The van der Waals surface area contributed by atoms with Crippen LogP contribution < -0.4 is 10.6 Å². The van der Waals surface area contributed by atoms with Crippen LogP contribution in [0.3, 0.4) is 0 Å². The normalized spacial score (nSPS) is 10.4. The number of esters is 1. The number of hydrogen-bond donors (Lipinski definition) is 2. The van der Waals surface area contributed by atoms with Gasteiger partial charge in [0.1, 0.15) is 0 Å². The molecule has 0 radical (unpaired) electrons. The van der Waals surface area contributed by atoms with Crippen molar-refractivity contribution in [2.24, 2.45) is 0 Å². The fourth-order valence-corrected chi connectivity index (χ4v) is 4.13. The molecular weight excluding hydrogens is 460 g/mol. The van der Waals surface area contributed by atoms with E-state index in [-0.39, 0.29) is 17.6 Å². The Hall–Kier alpha value is -2.95. The van der Waals surface area contributed by atoms with Crippen LogP contribution in [0.4, 0.5) is 10.8 Å². The Morgan fingerprint density at radius 1 is 1.06 bits per heavy atom. The topological polar surface area (TPSA) is 110 Å². The molecule has 0 aliphatic carbocycles. The molecule has 160 valence electrons. The van der Waals surface area contributed by atoms with E-state index in [4.69, 9.17) is 16.3 Å². The lowest BCUT2D eigenvalue weighted by atomic mass is 10.2. The molecule has 0 fully saturated rings. The van der Waals surface area contributed by atoms with E-state index in [1.54, 1.807) is 55.5 Å². The number of halogens is 1. The van der Waals surface area contributed by atoms with Gasteiger partial charge in [-0.05, 0) is 43.3 Å². The van der Waals surface area contributed by atoms with Crippen molar-refractivity contribution in [3.8, 4) is 0 Å². The second-order valence-electron chi connectivity index (χ2n) is 5.94. The van der Waals surface area contributed by atoms with E-state index in [2.05, 4.69) is 20.8 Å². The van der Waals surface area contributed by atoms with Crippen molar-refractivity contribution in [3.63, 3.8) is 0 Å². The molecule has 1 heterocycles. The molecule has 1 aromatic heterocycles. The SMILES string of the molecule is CCOC(=O)c1ccc(NC(=O)CSc2nnc(NC(=O)c3ccccc3Cl)s2)cc1. The number of aromatic nitrogens is 2. The van der Waals surface area contributed by atoms with Gasteiger partial charge in [-0.25, -0.2) is 4.79 Å². The van der Waals surface area contributed by atoms with Crippen LogP contribution in [0.15, 0.2) is 52.9 Å². The van der Waals surface area contributed by atoms with Crippen LogP contribution in [0.2, 0.25) is 5.02 Å². The van der Waals surface area contributed by atoms with Crippen molar-refractivity contribution in [2.45, 2.75) is 11.3 Å². The van der Waals surface area contributed by atoms with E-state index >= 15 is 0 Å². The summed E-state index contributed by atoms with van der Waals surface area (Å²) in [7, 11) is 0. The Morgan fingerprint density at radius 3 is 2.52 bits per heavy atom. The average molecular weight is 477 g/mol. The molecular formula is C20H17ClN4O4S2. The number of carbonyl (C=O) groups excluding carboxylic acids is 3. The molecule has 2 amide bonds. The van der Waals surface area contributed by atoms with Gasteiger partial charge in [-0.15, -0.1) is 10.2 Å². The molecule has 0 aliphatic heterocycles. The lowest BCUT2D eigenvalue weighted by molar-refractivity contribution is -0.113. The number of benzene rings is 2. The van der Waals surface area contributed by atoms with Crippen LogP contribution in [-0.2, 0) is 9.53 Å². The van der Waals surface area contributed by atoms with Crippen molar-refractivity contribution in [1.29, 1.82) is 0 Å². The minimum atomic E-state index is -0.412. The highest BCUT2D eigenvalue weighted by molar-refractivity contribution is 8.01. The summed E-state index contributed by atoms with van der Waals surface area (Å²) in [5, 5.41) is 13.9. The summed E-state index contributed by atoms with van der Waals surface area (Å²) >= 11 is 8.36. The van der Waals surface area contributed by atoms with Crippen LogP contribution in [0, 0.1) is 0 Å². The molecule has 0 spiro atoms. The maximum atomic E-state index is 12.3. The molecule has 0 atom stereocenters. The second-order valence-corrected chi connectivity index (χ2v) is 8.55. The summed E-state index contributed by atoms with van der Waals surface area (Å²) in [6.45, 7) is 2.03. The predicted octanol–water partition coefficient (Wildman–Crippen LogP) is 4.35. The van der Waals surface area contributed by atoms with Gasteiger partial charge in [-0.2, -0.15) is 0 Å². The summed E-state index contributed by atoms with van der Waals surface area (Å²) in [5.74, 6) is -0.940. The molecule has 8 nitrogen and oxygen atoms in total. The minimum absolute atomic E-state index is 0.104. The largest absolute Gasteiger partial charge is 0.462 e. The zero-order chi connectivity index (χ0) is 22.2. The Morgan fingerprint density at radius 2 is 1.81 bits per heavy atom. The van der Waals surface area contributed by atoms with Crippen molar-refractivity contribution in [3.05, 3.63) is 64.7 Å². The summed E-state index contributed by atoms with van der Waals surface area (Å²) in [5.41, 5.74) is 1.31. The first-order valence-corrected chi connectivity index (χ1v) is 11.2. The zero-order valence-corrected chi connectivity index (χ0v) is 18.6. The predicted molar refractivity (Wildman–Crippen MR) is 121 cm³/mol. The Labute approximate surface area is 191 Å². The molecule has 31 heavy (non-hydrogen) atoms. The number of hydrogen-bond acceptors (Lipinski definition) is 8. The van der Waals surface area contributed by atoms with E-state index in [0.717, 1.165) is 11.3 Å². The second kappa shape index (κ2) is 10.9. The van der Waals surface area contributed by atoms with Gasteiger partial charge in [0.2, 0.25) is 11.0 Å². The number of nitrogens with one attached hydrogen (secondary N) is 2. The standard InChI is InChI=1S/C20H17ClN4O4S2/c1-2-29-18(28)12-7-9-13(10-8-12)22-16(26)11-30-20-25-24-19(31-20)23-17(27)14-5-3-4-6-15(14)21/h3-10H,2,11H2,1H3,(H,22,26)(H,23,24,27). The van der Waals surface area contributed by atoms with Crippen LogP contribution in [0.25, 0.3) is 0 Å². The van der Waals surface area contributed by atoms with Gasteiger partial charge in [-0.1, -0.05) is 46.8 Å². The molecule has 0 saturated carbocycles. The first kappa shape index (κ1) is 22.7. The number of ether oxygens (including phenoxy) is 1. The average Bonchev–Trinajstić information content (AvgIpc) is 3.20. The Kier molecular flexibility index (Phi) is 7.99. The maximum Gasteiger partial charge on any atom is 0.338 e. The number of thioether (sulfide) groups is 1. The molecule has 3 aromatic rings. The van der Waals surface area contributed by atoms with Gasteiger partial charge >= 0.3 is 5.97 Å². The van der Waals surface area contributed by atoms with Gasteiger partial charge < -0.3 is 10.1 Å². The van der Waals surface area contributed by atoms with Crippen LogP contribution in [-0.4, -0.2) is 40.3 Å². The number of amides is 2. The highest BCUT2D eigenvalue weighted by atomic mass is 35.5. The zero-order valence-electron chi connectivity index (χ0n) is 16.3. The van der Waals surface area contributed by atoms with Gasteiger partial charge in [0, 0.05) is 5.69 Å². The highest BCUT2D eigenvalue weighted by Crippen LogP contribution is 2.26. The first-order valence-electron chi connectivity index (χ1n) is 9.05. The van der Waals surface area contributed by atoms with E-state index in [0.29, 0.717) is 37.9 Å². The quantitative estimate of drug-likeness (QED) is 0.282. The van der Waals surface area contributed by atoms with Crippen LogP contribution in [0.5, 0.6) is 0 Å². The summed E-state index contributed by atoms with van der Waals surface area (Å²) < 4.78 is 5.45. The molecule has 2 N–H and O–H groups in total. The van der Waals surface area contributed by atoms with Gasteiger partial charge in [0.25, 0.3) is 5.91 Å². The maximum absolute atomic E-state index is 12.3. The number of nitrogens with zero attached hydrogens (tertiary/aromatic N) is 2. The van der Waals surface area contributed by atoms with Gasteiger partial charge in [-0.3, -0.25) is 14.9 Å². The Bertz CT molecular complexity index is 1090. The minimum Gasteiger partial charge on any atom is -0.462 e. The fourth-order valence-electron chi connectivity index (χ4n) is 2.36. The molecule has 0 aliphatic rings. The smallest absolute Gasteiger partial charge is 0.338 e. The third-order valence-corrected chi connectivity index (χ3v) is 6.05. The molecule has 3 rings (SSSR count). The number of carbonyl (C=O) groups is 3.